The SMILES string of the molecule is COCOC(C)C(O)Cn1c(-c2ccc(Oc3ccccc3)cc2)cc(C(F)(F)F)c(C#N)c1=O. The van der Waals surface area contributed by atoms with Gasteiger partial charge in [-0.3, -0.25) is 4.79 Å². The molecule has 35 heavy (non-hydrogen) atoms. The number of nitrogens with zero attached hydrogens (tertiary/aromatic N) is 2. The molecule has 1 aromatic heterocycles. The second kappa shape index (κ2) is 11.2. The fourth-order valence-corrected chi connectivity index (χ4v) is 3.34. The molecule has 1 heterocycles. The standard InChI is InChI=1S/C25H23F3N2O5/c1-16(34-15-33-2)23(31)14-30-22(12-21(25(26,27)28)20(13-29)24(30)32)17-8-10-19(11-9-17)35-18-6-4-3-5-7-18/h3-12,16,23,31H,14-15H2,1-2H3. The first kappa shape index (κ1) is 26.0. The van der Waals surface area contributed by atoms with Gasteiger partial charge in [0.05, 0.1) is 30.0 Å². The summed E-state index contributed by atoms with van der Waals surface area (Å²) < 4.78 is 57.7. The number of hydrogen-bond acceptors (Lipinski definition) is 6. The van der Waals surface area contributed by atoms with Crippen LogP contribution in [0.3, 0.4) is 0 Å². The number of ether oxygens (including phenoxy) is 3. The van der Waals surface area contributed by atoms with E-state index in [2.05, 4.69) is 0 Å². The topological polar surface area (TPSA) is 93.7 Å². The van der Waals surface area contributed by atoms with E-state index < -0.39 is 41.6 Å². The van der Waals surface area contributed by atoms with Crippen molar-refractivity contribution in [3.63, 3.8) is 0 Å². The minimum absolute atomic E-state index is 0.120. The first-order valence-electron chi connectivity index (χ1n) is 10.5. The van der Waals surface area contributed by atoms with Gasteiger partial charge in [-0.1, -0.05) is 18.2 Å². The molecule has 0 radical (unpaired) electrons. The van der Waals surface area contributed by atoms with Crippen molar-refractivity contribution in [1.82, 2.24) is 4.57 Å². The van der Waals surface area contributed by atoms with Crippen molar-refractivity contribution < 1.29 is 32.5 Å². The Morgan fingerprint density at radius 2 is 1.71 bits per heavy atom. The Bertz CT molecular complexity index is 1240. The van der Waals surface area contributed by atoms with Crippen molar-refractivity contribution in [1.29, 1.82) is 5.26 Å². The predicted octanol–water partition coefficient (Wildman–Crippen LogP) is 4.57. The van der Waals surface area contributed by atoms with Crippen LogP contribution in [0.25, 0.3) is 11.3 Å². The lowest BCUT2D eigenvalue weighted by molar-refractivity contribution is -0.138. The smallest absolute Gasteiger partial charge is 0.417 e. The number of alkyl halides is 3. The summed E-state index contributed by atoms with van der Waals surface area (Å²) in [4.78, 5) is 13.0. The third-order valence-corrected chi connectivity index (χ3v) is 5.21. The summed E-state index contributed by atoms with van der Waals surface area (Å²) in [6, 6.07) is 17.1. The van der Waals surface area contributed by atoms with Gasteiger partial charge in [-0.2, -0.15) is 18.4 Å². The number of benzene rings is 2. The Morgan fingerprint density at radius 1 is 1.09 bits per heavy atom. The maximum atomic E-state index is 13.7. The van der Waals surface area contributed by atoms with Gasteiger partial charge in [-0.15, -0.1) is 0 Å². The Kier molecular flexibility index (Phi) is 8.30. The Hall–Kier alpha value is -3.65. The van der Waals surface area contributed by atoms with Crippen LogP contribution in [0.2, 0.25) is 0 Å². The summed E-state index contributed by atoms with van der Waals surface area (Å²) in [6.45, 7) is 0.993. The van der Waals surface area contributed by atoms with Gasteiger partial charge in [0.1, 0.15) is 29.9 Å². The average Bonchev–Trinajstić information content (AvgIpc) is 2.84. The minimum atomic E-state index is -4.93. The molecular formula is C25H23F3N2O5. The molecule has 0 aliphatic carbocycles. The zero-order chi connectivity index (χ0) is 25.6. The fraction of sp³-hybridized carbons (Fsp3) is 0.280. The number of halogens is 3. The van der Waals surface area contributed by atoms with E-state index in [1.165, 1.54) is 32.2 Å². The summed E-state index contributed by atoms with van der Waals surface area (Å²) in [5, 5.41) is 19.8. The average molecular weight is 488 g/mol. The lowest BCUT2D eigenvalue weighted by atomic mass is 10.0. The van der Waals surface area contributed by atoms with Gasteiger partial charge in [-0.25, -0.2) is 0 Å². The zero-order valence-electron chi connectivity index (χ0n) is 19.0. The van der Waals surface area contributed by atoms with E-state index in [9.17, 15) is 28.3 Å². The number of aliphatic hydroxyl groups is 1. The van der Waals surface area contributed by atoms with E-state index in [0.29, 0.717) is 11.5 Å². The Labute approximate surface area is 199 Å². The van der Waals surface area contributed by atoms with E-state index in [4.69, 9.17) is 14.2 Å². The van der Waals surface area contributed by atoms with Crippen LogP contribution in [0.5, 0.6) is 11.5 Å². The van der Waals surface area contributed by atoms with Crippen molar-refractivity contribution >= 4 is 0 Å². The Morgan fingerprint density at radius 3 is 2.29 bits per heavy atom. The molecular weight excluding hydrogens is 465 g/mol. The summed E-state index contributed by atoms with van der Waals surface area (Å²) in [5.41, 5.74) is -3.43. The predicted molar refractivity (Wildman–Crippen MR) is 121 cm³/mol. The summed E-state index contributed by atoms with van der Waals surface area (Å²) in [7, 11) is 1.39. The number of hydrogen-bond donors (Lipinski definition) is 1. The normalized spacial score (nSPS) is 13.2. The molecule has 0 aliphatic rings. The quantitative estimate of drug-likeness (QED) is 0.444. The van der Waals surface area contributed by atoms with Crippen molar-refractivity contribution in [2.75, 3.05) is 13.9 Å². The largest absolute Gasteiger partial charge is 0.457 e. The lowest BCUT2D eigenvalue weighted by Crippen LogP contribution is -2.37. The highest BCUT2D eigenvalue weighted by Gasteiger charge is 2.37. The highest BCUT2D eigenvalue weighted by atomic mass is 19.4. The fourth-order valence-electron chi connectivity index (χ4n) is 3.34. The van der Waals surface area contributed by atoms with Gasteiger partial charge in [0, 0.05) is 7.11 Å². The minimum Gasteiger partial charge on any atom is -0.457 e. The van der Waals surface area contributed by atoms with Crippen molar-refractivity contribution in [2.45, 2.75) is 31.9 Å². The third-order valence-electron chi connectivity index (χ3n) is 5.21. The highest BCUT2D eigenvalue weighted by molar-refractivity contribution is 5.63. The monoisotopic (exact) mass is 488 g/mol. The van der Waals surface area contributed by atoms with E-state index in [-0.39, 0.29) is 18.1 Å². The highest BCUT2D eigenvalue weighted by Crippen LogP contribution is 2.34. The molecule has 2 aromatic carbocycles. The summed E-state index contributed by atoms with van der Waals surface area (Å²) in [6.07, 6.45) is -7.00. The van der Waals surface area contributed by atoms with E-state index >= 15 is 0 Å². The van der Waals surface area contributed by atoms with Gasteiger partial charge >= 0.3 is 6.18 Å². The third kappa shape index (κ3) is 6.27. The number of aromatic nitrogens is 1. The molecule has 7 nitrogen and oxygen atoms in total. The number of methoxy groups -OCH3 is 1. The summed E-state index contributed by atoms with van der Waals surface area (Å²) in [5.74, 6) is 1.00. The van der Waals surface area contributed by atoms with Crippen LogP contribution in [-0.2, 0) is 22.2 Å². The maximum Gasteiger partial charge on any atom is 0.417 e. The molecule has 10 heteroatoms. The van der Waals surface area contributed by atoms with E-state index in [0.717, 1.165) is 10.6 Å². The second-order valence-electron chi connectivity index (χ2n) is 7.63. The number of rotatable bonds is 9. The van der Waals surface area contributed by atoms with Crippen molar-refractivity contribution in [2.24, 2.45) is 0 Å². The van der Waals surface area contributed by atoms with E-state index in [1.807, 2.05) is 6.07 Å². The Balaban J connectivity index is 2.06. The molecule has 0 bridgehead atoms. The molecule has 184 valence electrons. The number of para-hydroxylation sites is 1. The van der Waals surface area contributed by atoms with Crippen LogP contribution in [0, 0.1) is 11.3 Å². The van der Waals surface area contributed by atoms with Gasteiger partial charge < -0.3 is 23.9 Å². The van der Waals surface area contributed by atoms with Gasteiger partial charge in [0.25, 0.3) is 5.56 Å². The van der Waals surface area contributed by atoms with Gasteiger partial charge in [0.15, 0.2) is 0 Å². The van der Waals surface area contributed by atoms with Crippen LogP contribution in [0.4, 0.5) is 13.2 Å². The van der Waals surface area contributed by atoms with Gasteiger partial charge in [-0.05, 0) is 55.0 Å². The molecule has 0 saturated heterocycles. The molecule has 2 unspecified atom stereocenters. The van der Waals surface area contributed by atoms with E-state index in [1.54, 1.807) is 36.4 Å². The van der Waals surface area contributed by atoms with Crippen LogP contribution in [-0.4, -0.2) is 35.8 Å². The lowest BCUT2D eigenvalue weighted by Gasteiger charge is -2.23. The van der Waals surface area contributed by atoms with Crippen LogP contribution < -0.4 is 10.3 Å². The molecule has 0 saturated carbocycles. The van der Waals surface area contributed by atoms with Gasteiger partial charge in [0.2, 0.25) is 0 Å². The second-order valence-corrected chi connectivity index (χ2v) is 7.63. The number of aliphatic hydroxyl groups excluding tert-OH is 1. The number of pyridine rings is 1. The van der Waals surface area contributed by atoms with Crippen LogP contribution in [0.1, 0.15) is 18.1 Å². The first-order chi connectivity index (χ1) is 16.7. The maximum absolute atomic E-state index is 13.7. The zero-order valence-corrected chi connectivity index (χ0v) is 19.0. The molecule has 0 amide bonds. The molecule has 1 N–H and O–H groups in total. The van der Waals surface area contributed by atoms with Crippen molar-refractivity contribution in [3.8, 4) is 28.8 Å². The molecule has 0 fully saturated rings. The summed E-state index contributed by atoms with van der Waals surface area (Å²) >= 11 is 0. The molecule has 3 rings (SSSR count). The van der Waals surface area contributed by atoms with Crippen LogP contribution in [0.15, 0.2) is 65.5 Å². The molecule has 2 atom stereocenters. The van der Waals surface area contributed by atoms with Crippen molar-refractivity contribution in [3.05, 3.63) is 82.1 Å². The van der Waals surface area contributed by atoms with Crippen LogP contribution >= 0.6 is 0 Å². The first-order valence-corrected chi connectivity index (χ1v) is 10.5. The molecule has 3 aromatic rings. The molecule has 0 aliphatic heterocycles. The number of nitriles is 1. The molecule has 0 spiro atoms.